The number of aryl methyl sites for hydroxylation is 2. The molecule has 4 heteroatoms. The topological polar surface area (TPSA) is 55.0 Å². The van der Waals surface area contributed by atoms with Crippen molar-refractivity contribution in [2.24, 2.45) is 5.73 Å². The summed E-state index contributed by atoms with van der Waals surface area (Å²) in [5, 5.41) is 8.25. The maximum Gasteiger partial charge on any atom is 0.155 e. The molecule has 0 amide bonds. The van der Waals surface area contributed by atoms with Crippen molar-refractivity contribution in [3.05, 3.63) is 47.2 Å². The van der Waals surface area contributed by atoms with Crippen molar-refractivity contribution in [3.8, 4) is 0 Å². The van der Waals surface area contributed by atoms with E-state index in [-0.39, 0.29) is 0 Å². The summed E-state index contributed by atoms with van der Waals surface area (Å²) >= 11 is 0. The third-order valence-corrected chi connectivity index (χ3v) is 2.85. The maximum atomic E-state index is 5.51. The van der Waals surface area contributed by atoms with Crippen molar-refractivity contribution in [1.29, 1.82) is 0 Å². The monoisotopic (exact) mass is 242 g/mol. The normalized spacial score (nSPS) is 10.4. The highest BCUT2D eigenvalue weighted by atomic mass is 15.2. The number of hydrogen-bond acceptors (Lipinski definition) is 4. The van der Waals surface area contributed by atoms with Crippen LogP contribution in [0, 0.1) is 13.8 Å². The van der Waals surface area contributed by atoms with E-state index >= 15 is 0 Å². The van der Waals surface area contributed by atoms with Crippen LogP contribution in [0.1, 0.15) is 16.8 Å². The van der Waals surface area contributed by atoms with E-state index < -0.39 is 0 Å². The van der Waals surface area contributed by atoms with Gasteiger partial charge in [0.1, 0.15) is 0 Å². The Bertz CT molecular complexity index is 514. The van der Waals surface area contributed by atoms with Crippen LogP contribution in [0.5, 0.6) is 0 Å². The van der Waals surface area contributed by atoms with Crippen LogP contribution < -0.4 is 10.6 Å². The zero-order valence-corrected chi connectivity index (χ0v) is 11.0. The van der Waals surface area contributed by atoms with Gasteiger partial charge in [-0.1, -0.05) is 6.07 Å². The predicted molar refractivity (Wildman–Crippen MR) is 73.9 cm³/mol. The number of rotatable bonds is 3. The molecular formula is C14H18N4. The maximum absolute atomic E-state index is 5.51. The van der Waals surface area contributed by atoms with Gasteiger partial charge in [0.05, 0.1) is 5.69 Å². The zero-order chi connectivity index (χ0) is 13.1. The first-order valence-corrected chi connectivity index (χ1v) is 5.95. The second-order valence-corrected chi connectivity index (χ2v) is 4.49. The van der Waals surface area contributed by atoms with Gasteiger partial charge in [0, 0.05) is 19.3 Å². The van der Waals surface area contributed by atoms with Gasteiger partial charge in [-0.3, -0.25) is 0 Å². The van der Waals surface area contributed by atoms with Crippen LogP contribution in [0.2, 0.25) is 0 Å². The highest BCUT2D eigenvalue weighted by Gasteiger charge is 2.07. The lowest BCUT2D eigenvalue weighted by molar-refractivity contribution is 0.887. The Morgan fingerprint density at radius 1 is 1.06 bits per heavy atom. The minimum atomic E-state index is 0.417. The van der Waals surface area contributed by atoms with E-state index in [2.05, 4.69) is 42.2 Å². The van der Waals surface area contributed by atoms with Gasteiger partial charge in [-0.2, -0.15) is 5.10 Å². The van der Waals surface area contributed by atoms with Gasteiger partial charge in [0.15, 0.2) is 5.82 Å². The summed E-state index contributed by atoms with van der Waals surface area (Å²) in [7, 11) is 1.99. The Kier molecular flexibility index (Phi) is 3.58. The van der Waals surface area contributed by atoms with E-state index in [1.54, 1.807) is 0 Å². The fraction of sp³-hybridized carbons (Fsp3) is 0.286. The van der Waals surface area contributed by atoms with Crippen molar-refractivity contribution < 1.29 is 0 Å². The first-order chi connectivity index (χ1) is 8.60. The summed E-state index contributed by atoms with van der Waals surface area (Å²) in [6.45, 7) is 4.60. The third kappa shape index (κ3) is 2.65. The Morgan fingerprint density at radius 2 is 1.72 bits per heavy atom. The Labute approximate surface area is 107 Å². The summed E-state index contributed by atoms with van der Waals surface area (Å²) in [6.07, 6.45) is 0. The van der Waals surface area contributed by atoms with Gasteiger partial charge < -0.3 is 10.6 Å². The fourth-order valence-corrected chi connectivity index (χ4v) is 1.92. The Morgan fingerprint density at radius 3 is 2.22 bits per heavy atom. The zero-order valence-electron chi connectivity index (χ0n) is 11.0. The van der Waals surface area contributed by atoms with E-state index in [9.17, 15) is 0 Å². The van der Waals surface area contributed by atoms with Crippen LogP contribution in [-0.2, 0) is 6.54 Å². The third-order valence-electron chi connectivity index (χ3n) is 2.85. The molecule has 1 aromatic heterocycles. The largest absolute Gasteiger partial charge is 0.328 e. The molecule has 0 saturated carbocycles. The minimum Gasteiger partial charge on any atom is -0.328 e. The molecule has 94 valence electrons. The first-order valence-electron chi connectivity index (χ1n) is 5.95. The average molecular weight is 242 g/mol. The smallest absolute Gasteiger partial charge is 0.155 e. The number of benzene rings is 1. The second-order valence-electron chi connectivity index (χ2n) is 4.49. The van der Waals surface area contributed by atoms with Crippen molar-refractivity contribution in [3.63, 3.8) is 0 Å². The summed E-state index contributed by atoms with van der Waals surface area (Å²) in [5.41, 5.74) is 9.90. The van der Waals surface area contributed by atoms with Crippen LogP contribution in [0.25, 0.3) is 0 Å². The van der Waals surface area contributed by atoms with Crippen molar-refractivity contribution in [1.82, 2.24) is 10.2 Å². The molecule has 0 saturated heterocycles. The van der Waals surface area contributed by atoms with E-state index in [0.717, 1.165) is 17.2 Å². The Hall–Kier alpha value is -1.94. The van der Waals surface area contributed by atoms with Crippen LogP contribution in [0.3, 0.4) is 0 Å². The van der Waals surface area contributed by atoms with Gasteiger partial charge in [-0.15, -0.1) is 5.10 Å². The van der Waals surface area contributed by atoms with Crippen LogP contribution >= 0.6 is 0 Å². The van der Waals surface area contributed by atoms with Crippen LogP contribution in [-0.4, -0.2) is 17.2 Å². The van der Waals surface area contributed by atoms with Crippen molar-refractivity contribution in [2.75, 3.05) is 11.9 Å². The highest BCUT2D eigenvalue weighted by molar-refractivity contribution is 5.60. The first kappa shape index (κ1) is 12.5. The van der Waals surface area contributed by atoms with Crippen LogP contribution in [0.4, 0.5) is 11.5 Å². The number of nitrogens with two attached hydrogens (primary N) is 1. The number of aromatic nitrogens is 2. The van der Waals surface area contributed by atoms with Gasteiger partial charge >= 0.3 is 0 Å². The molecule has 0 aliphatic carbocycles. The molecule has 2 aromatic rings. The van der Waals surface area contributed by atoms with Gasteiger partial charge in [0.2, 0.25) is 0 Å². The number of nitrogens with zero attached hydrogens (tertiary/aromatic N) is 3. The highest BCUT2D eigenvalue weighted by Crippen LogP contribution is 2.23. The second kappa shape index (κ2) is 5.14. The average Bonchev–Trinajstić information content (AvgIpc) is 2.37. The summed E-state index contributed by atoms with van der Waals surface area (Å²) in [5.74, 6) is 0.817. The van der Waals surface area contributed by atoms with E-state index in [1.807, 2.05) is 24.1 Å². The molecule has 0 aliphatic heterocycles. The lowest BCUT2D eigenvalue weighted by atomic mass is 10.1. The molecule has 0 bridgehead atoms. The minimum absolute atomic E-state index is 0.417. The lowest BCUT2D eigenvalue weighted by Gasteiger charge is -2.19. The molecule has 2 N–H and O–H groups in total. The van der Waals surface area contributed by atoms with E-state index in [1.165, 1.54) is 11.1 Å². The van der Waals surface area contributed by atoms with Gasteiger partial charge in [-0.25, -0.2) is 0 Å². The summed E-state index contributed by atoms with van der Waals surface area (Å²) in [6, 6.07) is 10.3. The standard InChI is InChI=1S/C14H18N4/c1-10-6-11(2)8-13(7-10)18(3)14-5-4-12(9-15)16-17-14/h4-8H,9,15H2,1-3H3. The number of anilines is 2. The molecule has 0 aliphatic rings. The molecule has 0 radical (unpaired) electrons. The van der Waals surface area contributed by atoms with Gasteiger partial charge in [-0.05, 0) is 49.2 Å². The van der Waals surface area contributed by atoms with Gasteiger partial charge in [0.25, 0.3) is 0 Å². The molecule has 1 heterocycles. The van der Waals surface area contributed by atoms with Crippen molar-refractivity contribution >= 4 is 11.5 Å². The summed E-state index contributed by atoms with van der Waals surface area (Å²) in [4.78, 5) is 2.02. The molecule has 0 atom stereocenters. The molecule has 0 unspecified atom stereocenters. The predicted octanol–water partition coefficient (Wildman–Crippen LogP) is 2.32. The summed E-state index contributed by atoms with van der Waals surface area (Å²) < 4.78 is 0. The number of hydrogen-bond donors (Lipinski definition) is 1. The molecule has 18 heavy (non-hydrogen) atoms. The molecule has 0 spiro atoms. The van der Waals surface area contributed by atoms with E-state index in [4.69, 9.17) is 5.73 Å². The van der Waals surface area contributed by atoms with Crippen molar-refractivity contribution in [2.45, 2.75) is 20.4 Å². The van der Waals surface area contributed by atoms with Crippen LogP contribution in [0.15, 0.2) is 30.3 Å². The molecule has 1 aromatic carbocycles. The molecule has 2 rings (SSSR count). The SMILES string of the molecule is Cc1cc(C)cc(N(C)c2ccc(CN)nn2)c1. The fourth-order valence-electron chi connectivity index (χ4n) is 1.92. The molecular weight excluding hydrogens is 224 g/mol. The quantitative estimate of drug-likeness (QED) is 0.897. The van der Waals surface area contributed by atoms with E-state index in [0.29, 0.717) is 6.54 Å². The Balaban J connectivity index is 2.31. The lowest BCUT2D eigenvalue weighted by Crippen LogP contribution is -2.13. The molecule has 4 nitrogen and oxygen atoms in total. The molecule has 0 fully saturated rings.